The SMILES string of the molecule is CC/C=C\C/C=C\C/C=C\C/C=C\CCCCCCCCCCC(=O)OC(COC(=O)CCCCCCCCCCCC)COC(=O)CCCCCCCCCCCCCCCCCCCCCCCCCCCC. The van der Waals surface area contributed by atoms with Crippen LogP contribution < -0.4 is 0 Å². The molecule has 0 fully saturated rings. The normalized spacial score (nSPS) is 12.3. The van der Waals surface area contributed by atoms with E-state index in [2.05, 4.69) is 69.4 Å². The number of hydrogen-bond donors (Lipinski definition) is 0. The van der Waals surface area contributed by atoms with Crippen LogP contribution in [0.15, 0.2) is 48.6 Å². The first kappa shape index (κ1) is 72.4. The molecule has 0 saturated heterocycles. The highest BCUT2D eigenvalue weighted by atomic mass is 16.6. The average molecular weight is 1050 g/mol. The molecular formula is C69H126O6. The van der Waals surface area contributed by atoms with Crippen molar-refractivity contribution in [3.63, 3.8) is 0 Å². The molecule has 0 rings (SSSR count). The van der Waals surface area contributed by atoms with E-state index in [1.54, 1.807) is 0 Å². The molecule has 0 saturated carbocycles. The molecule has 0 bridgehead atoms. The highest BCUT2D eigenvalue weighted by molar-refractivity contribution is 5.71. The molecule has 6 nitrogen and oxygen atoms in total. The zero-order valence-corrected chi connectivity index (χ0v) is 50.3. The van der Waals surface area contributed by atoms with Gasteiger partial charge in [-0.1, -0.05) is 326 Å². The molecule has 0 aromatic rings. The predicted octanol–water partition coefficient (Wildman–Crippen LogP) is 22.6. The first-order valence-corrected chi connectivity index (χ1v) is 33.1. The number of esters is 3. The van der Waals surface area contributed by atoms with Crippen molar-refractivity contribution in [2.45, 2.75) is 361 Å². The van der Waals surface area contributed by atoms with Gasteiger partial charge in [-0.05, 0) is 57.8 Å². The van der Waals surface area contributed by atoms with Gasteiger partial charge in [0.2, 0.25) is 0 Å². The van der Waals surface area contributed by atoms with Crippen LogP contribution in [-0.2, 0) is 28.6 Å². The second kappa shape index (κ2) is 63.9. The minimum absolute atomic E-state index is 0.0716. The smallest absolute Gasteiger partial charge is 0.306 e. The van der Waals surface area contributed by atoms with Crippen LogP contribution in [0.3, 0.4) is 0 Å². The molecule has 0 radical (unpaired) electrons. The Morgan fingerprint density at radius 2 is 0.520 bits per heavy atom. The predicted molar refractivity (Wildman–Crippen MR) is 325 cm³/mol. The number of hydrogen-bond acceptors (Lipinski definition) is 6. The van der Waals surface area contributed by atoms with Crippen molar-refractivity contribution in [3.8, 4) is 0 Å². The fraction of sp³-hybridized carbons (Fsp3) is 0.841. The molecule has 0 aliphatic rings. The Morgan fingerprint density at radius 3 is 0.813 bits per heavy atom. The van der Waals surface area contributed by atoms with Crippen molar-refractivity contribution in [2.24, 2.45) is 0 Å². The second-order valence-corrected chi connectivity index (χ2v) is 22.4. The van der Waals surface area contributed by atoms with E-state index >= 15 is 0 Å². The lowest BCUT2D eigenvalue weighted by molar-refractivity contribution is -0.167. The van der Waals surface area contributed by atoms with E-state index in [1.165, 1.54) is 225 Å². The molecule has 75 heavy (non-hydrogen) atoms. The number of ether oxygens (including phenoxy) is 3. The summed E-state index contributed by atoms with van der Waals surface area (Å²) in [5.74, 6) is -0.859. The summed E-state index contributed by atoms with van der Waals surface area (Å²) in [5, 5.41) is 0. The van der Waals surface area contributed by atoms with Gasteiger partial charge in [0, 0.05) is 19.3 Å². The maximum atomic E-state index is 12.9. The standard InChI is InChI=1S/C69H126O6/c1-4-7-10-13-16-19-22-24-26-28-30-32-33-34-35-36-38-39-41-43-45-47-50-53-56-59-62-68(71)74-65-66(64-73-67(70)61-58-55-52-49-21-18-15-12-9-6-3)75-69(72)63-60-57-54-51-48-46-44-42-40-37-31-29-27-25-23-20-17-14-11-8-5-2/h8,11,17,20,25,27,31,37,66H,4-7,9-10,12-16,18-19,21-24,26,28-30,32-36,38-65H2,1-3H3/b11-8-,20-17-,27-25-,37-31-. The minimum Gasteiger partial charge on any atom is -0.462 e. The molecular weight excluding hydrogens is 925 g/mol. The van der Waals surface area contributed by atoms with Crippen molar-refractivity contribution < 1.29 is 28.6 Å². The molecule has 438 valence electrons. The molecule has 0 aromatic heterocycles. The lowest BCUT2D eigenvalue weighted by Gasteiger charge is -2.18. The summed E-state index contributed by atoms with van der Waals surface area (Å²) in [6, 6.07) is 0. The van der Waals surface area contributed by atoms with E-state index in [1.807, 2.05) is 0 Å². The Morgan fingerprint density at radius 1 is 0.280 bits per heavy atom. The van der Waals surface area contributed by atoms with E-state index in [0.717, 1.165) is 89.9 Å². The zero-order valence-electron chi connectivity index (χ0n) is 50.3. The van der Waals surface area contributed by atoms with Crippen molar-refractivity contribution >= 4 is 17.9 Å². The third-order valence-electron chi connectivity index (χ3n) is 14.8. The van der Waals surface area contributed by atoms with Crippen LogP contribution >= 0.6 is 0 Å². The van der Waals surface area contributed by atoms with Crippen LogP contribution in [0.2, 0.25) is 0 Å². The molecule has 1 unspecified atom stereocenters. The highest BCUT2D eigenvalue weighted by Crippen LogP contribution is 2.18. The van der Waals surface area contributed by atoms with E-state index in [9.17, 15) is 14.4 Å². The molecule has 0 aromatic carbocycles. The van der Waals surface area contributed by atoms with Gasteiger partial charge in [0.05, 0.1) is 0 Å². The fourth-order valence-corrected chi connectivity index (χ4v) is 9.91. The lowest BCUT2D eigenvalue weighted by atomic mass is 10.0. The first-order chi connectivity index (χ1) is 37.0. The summed E-state index contributed by atoms with van der Waals surface area (Å²) >= 11 is 0. The summed E-state index contributed by atoms with van der Waals surface area (Å²) in [6.07, 6.45) is 80.0. The van der Waals surface area contributed by atoms with Gasteiger partial charge in [-0.25, -0.2) is 0 Å². The molecule has 0 spiro atoms. The van der Waals surface area contributed by atoms with E-state index in [4.69, 9.17) is 14.2 Å². The molecule has 0 amide bonds. The molecule has 0 N–H and O–H groups in total. The van der Waals surface area contributed by atoms with Crippen molar-refractivity contribution in [1.29, 1.82) is 0 Å². The Labute approximate surface area is 467 Å². The van der Waals surface area contributed by atoms with Crippen LogP contribution in [0.5, 0.6) is 0 Å². The van der Waals surface area contributed by atoms with Gasteiger partial charge in [0.1, 0.15) is 13.2 Å². The molecule has 6 heteroatoms. The van der Waals surface area contributed by atoms with Crippen LogP contribution in [0.1, 0.15) is 355 Å². The van der Waals surface area contributed by atoms with E-state index in [0.29, 0.717) is 19.3 Å². The third kappa shape index (κ3) is 62.1. The van der Waals surface area contributed by atoms with Gasteiger partial charge in [-0.15, -0.1) is 0 Å². The van der Waals surface area contributed by atoms with E-state index in [-0.39, 0.29) is 31.1 Å². The Balaban J connectivity index is 4.18. The number of allylic oxidation sites excluding steroid dienone is 8. The quantitative estimate of drug-likeness (QED) is 0.0261. The van der Waals surface area contributed by atoms with Crippen molar-refractivity contribution in [3.05, 3.63) is 48.6 Å². The van der Waals surface area contributed by atoms with Gasteiger partial charge in [-0.2, -0.15) is 0 Å². The molecule has 1 atom stereocenters. The topological polar surface area (TPSA) is 78.9 Å². The summed E-state index contributed by atoms with van der Waals surface area (Å²) in [4.78, 5) is 38.2. The van der Waals surface area contributed by atoms with Crippen LogP contribution in [0.25, 0.3) is 0 Å². The van der Waals surface area contributed by atoms with Crippen LogP contribution in [0.4, 0.5) is 0 Å². The summed E-state index contributed by atoms with van der Waals surface area (Å²) in [5.41, 5.74) is 0. The summed E-state index contributed by atoms with van der Waals surface area (Å²) in [7, 11) is 0. The highest BCUT2D eigenvalue weighted by Gasteiger charge is 2.19. The number of rotatable bonds is 61. The Kier molecular flexibility index (Phi) is 61.7. The molecule has 0 heterocycles. The number of carbonyl (C=O) groups is 3. The first-order valence-electron chi connectivity index (χ1n) is 33.1. The number of unbranched alkanes of at least 4 members (excludes halogenated alkanes) is 42. The van der Waals surface area contributed by atoms with Gasteiger partial charge in [0.25, 0.3) is 0 Å². The van der Waals surface area contributed by atoms with Gasteiger partial charge < -0.3 is 14.2 Å². The largest absolute Gasteiger partial charge is 0.462 e. The van der Waals surface area contributed by atoms with E-state index < -0.39 is 6.10 Å². The maximum absolute atomic E-state index is 12.9. The zero-order chi connectivity index (χ0) is 54.3. The van der Waals surface area contributed by atoms with Crippen molar-refractivity contribution in [1.82, 2.24) is 0 Å². The van der Waals surface area contributed by atoms with Crippen LogP contribution in [-0.4, -0.2) is 37.2 Å². The summed E-state index contributed by atoms with van der Waals surface area (Å²) < 4.78 is 16.9. The lowest BCUT2D eigenvalue weighted by Crippen LogP contribution is -2.30. The Bertz CT molecular complexity index is 1300. The molecule has 0 aliphatic carbocycles. The van der Waals surface area contributed by atoms with Crippen molar-refractivity contribution in [2.75, 3.05) is 13.2 Å². The second-order valence-electron chi connectivity index (χ2n) is 22.4. The van der Waals surface area contributed by atoms with Gasteiger partial charge >= 0.3 is 17.9 Å². The van der Waals surface area contributed by atoms with Gasteiger partial charge in [0.15, 0.2) is 6.10 Å². The molecule has 0 aliphatic heterocycles. The minimum atomic E-state index is -0.774. The summed E-state index contributed by atoms with van der Waals surface area (Å²) in [6.45, 7) is 6.57. The van der Waals surface area contributed by atoms with Crippen LogP contribution in [0, 0.1) is 0 Å². The maximum Gasteiger partial charge on any atom is 0.306 e. The Hall–Kier alpha value is -2.63. The average Bonchev–Trinajstić information content (AvgIpc) is 3.41. The monoisotopic (exact) mass is 1050 g/mol. The third-order valence-corrected chi connectivity index (χ3v) is 14.8. The fourth-order valence-electron chi connectivity index (χ4n) is 9.91. The number of carbonyl (C=O) groups excluding carboxylic acids is 3. The van der Waals surface area contributed by atoms with Gasteiger partial charge in [-0.3, -0.25) is 14.4 Å².